The zero-order valence-corrected chi connectivity index (χ0v) is 26.7. The van der Waals surface area contributed by atoms with Crippen LogP contribution in [0.4, 0.5) is 18.9 Å². The maximum Gasteiger partial charge on any atom is 0.387 e. The molecule has 7 nitrogen and oxygen atoms in total. The Balaban J connectivity index is 0.00000345. The van der Waals surface area contributed by atoms with Gasteiger partial charge in [0.1, 0.15) is 17.1 Å². The highest BCUT2D eigenvalue weighted by atomic mass is 19.3. The van der Waals surface area contributed by atoms with E-state index in [4.69, 9.17) is 4.74 Å². The molecule has 1 amide bonds. The molecule has 242 valence electrons. The van der Waals surface area contributed by atoms with Crippen LogP contribution in [0.15, 0.2) is 91.3 Å². The molecular formula is C35H42F3N3O4. The molecule has 3 aromatic rings. The second-order valence-electron chi connectivity index (χ2n) is 9.54. The van der Waals surface area contributed by atoms with Crippen molar-refractivity contribution in [2.45, 2.75) is 59.7 Å². The molecule has 1 atom stereocenters. The topological polar surface area (TPSA) is 83.9 Å². The zero-order valence-electron chi connectivity index (χ0n) is 26.7. The van der Waals surface area contributed by atoms with Crippen molar-refractivity contribution < 1.29 is 32.5 Å². The number of carbonyl (C=O) groups is 1. The third-order valence-corrected chi connectivity index (χ3v) is 6.83. The Morgan fingerprint density at radius 2 is 1.80 bits per heavy atom. The van der Waals surface area contributed by atoms with Crippen molar-refractivity contribution >= 4 is 11.6 Å². The van der Waals surface area contributed by atoms with Crippen LogP contribution in [0.1, 0.15) is 67.7 Å². The van der Waals surface area contributed by atoms with Crippen molar-refractivity contribution in [3.8, 4) is 11.6 Å². The summed E-state index contributed by atoms with van der Waals surface area (Å²) in [5.41, 5.74) is -0.618. The number of rotatable bonds is 14. The van der Waals surface area contributed by atoms with Crippen LogP contribution >= 0.6 is 0 Å². The molecule has 0 bridgehead atoms. The zero-order chi connectivity index (χ0) is 33.7. The summed E-state index contributed by atoms with van der Waals surface area (Å²) < 4.78 is 50.7. The van der Waals surface area contributed by atoms with Crippen LogP contribution in [0.25, 0.3) is 0 Å². The lowest BCUT2D eigenvalue weighted by Gasteiger charge is -2.39. The molecule has 1 heterocycles. The minimum absolute atomic E-state index is 0.0266. The van der Waals surface area contributed by atoms with Crippen molar-refractivity contribution in [1.82, 2.24) is 10.3 Å². The highest BCUT2D eigenvalue weighted by Crippen LogP contribution is 2.42. The van der Waals surface area contributed by atoms with Crippen molar-refractivity contribution in [2.75, 3.05) is 18.6 Å². The van der Waals surface area contributed by atoms with Gasteiger partial charge in [-0.05, 0) is 56.2 Å². The number of methoxy groups -OCH3 is 1. The summed E-state index contributed by atoms with van der Waals surface area (Å²) in [6, 6.07) is 12.4. The van der Waals surface area contributed by atoms with Crippen LogP contribution in [0.3, 0.4) is 0 Å². The number of alkyl halides is 2. The number of pyridine rings is 1. The molecule has 0 aliphatic carbocycles. The summed E-state index contributed by atoms with van der Waals surface area (Å²) in [5.74, 6) is -1.26. The molecule has 3 rings (SSSR count). The molecule has 0 aliphatic heterocycles. The molecule has 0 spiro atoms. The van der Waals surface area contributed by atoms with Gasteiger partial charge in [0.15, 0.2) is 5.60 Å². The number of aromatic nitrogens is 1. The number of anilines is 1. The number of amides is 1. The Bertz CT molecular complexity index is 1490. The lowest BCUT2D eigenvalue weighted by atomic mass is 9.82. The van der Waals surface area contributed by atoms with E-state index < -0.39 is 23.9 Å². The van der Waals surface area contributed by atoms with Crippen LogP contribution in [-0.4, -0.2) is 36.3 Å². The number of aliphatic hydroxyl groups is 1. The number of allylic oxidation sites excluding steroid dienone is 2. The molecule has 0 radical (unpaired) electrons. The number of halogens is 3. The van der Waals surface area contributed by atoms with Crippen molar-refractivity contribution in [1.29, 1.82) is 0 Å². The van der Waals surface area contributed by atoms with Gasteiger partial charge >= 0.3 is 6.61 Å². The number of nitrogens with zero attached hydrogens (tertiary/aromatic N) is 2. The summed E-state index contributed by atoms with van der Waals surface area (Å²) in [6.07, 6.45) is 5.01. The number of aryl methyl sites for hydroxylation is 1. The fourth-order valence-corrected chi connectivity index (χ4v) is 4.66. The first-order valence-corrected chi connectivity index (χ1v) is 14.7. The van der Waals surface area contributed by atoms with E-state index in [1.807, 2.05) is 26.8 Å². The van der Waals surface area contributed by atoms with Crippen LogP contribution < -0.4 is 19.7 Å². The first kappa shape index (κ1) is 36.6. The largest absolute Gasteiger partial charge is 0.480 e. The molecule has 45 heavy (non-hydrogen) atoms. The minimum atomic E-state index is -3.04. The monoisotopic (exact) mass is 625 g/mol. The van der Waals surface area contributed by atoms with E-state index in [1.165, 1.54) is 55.7 Å². The molecule has 1 unspecified atom stereocenters. The summed E-state index contributed by atoms with van der Waals surface area (Å²) in [6.45, 7) is 14.6. The van der Waals surface area contributed by atoms with E-state index in [1.54, 1.807) is 30.9 Å². The van der Waals surface area contributed by atoms with E-state index in [0.29, 0.717) is 17.1 Å². The molecule has 0 aliphatic rings. The summed E-state index contributed by atoms with van der Waals surface area (Å²) >= 11 is 0. The third kappa shape index (κ3) is 8.54. The van der Waals surface area contributed by atoms with Gasteiger partial charge in [-0.2, -0.15) is 8.78 Å². The van der Waals surface area contributed by atoms with Gasteiger partial charge < -0.3 is 24.8 Å². The van der Waals surface area contributed by atoms with Crippen molar-refractivity contribution in [2.24, 2.45) is 0 Å². The van der Waals surface area contributed by atoms with Gasteiger partial charge in [0.05, 0.1) is 24.2 Å². The van der Waals surface area contributed by atoms with Crippen LogP contribution in [0, 0.1) is 12.7 Å². The van der Waals surface area contributed by atoms with E-state index in [2.05, 4.69) is 28.2 Å². The van der Waals surface area contributed by atoms with Gasteiger partial charge in [0.25, 0.3) is 5.91 Å². The number of carbonyl (C=O) groups excluding carboxylic acids is 1. The molecule has 2 N–H and O–H groups in total. The predicted molar refractivity (Wildman–Crippen MR) is 172 cm³/mol. The lowest BCUT2D eigenvalue weighted by molar-refractivity contribution is -0.0498. The quantitative estimate of drug-likeness (QED) is 0.177. The Kier molecular flexibility index (Phi) is 13.9. The first-order chi connectivity index (χ1) is 21.5. The molecule has 0 saturated carbocycles. The molecule has 2 aromatic carbocycles. The van der Waals surface area contributed by atoms with Gasteiger partial charge in [-0.3, -0.25) is 4.79 Å². The van der Waals surface area contributed by atoms with Crippen LogP contribution in [-0.2, 0) is 5.60 Å². The van der Waals surface area contributed by atoms with E-state index in [-0.39, 0.29) is 40.6 Å². The van der Waals surface area contributed by atoms with Crippen molar-refractivity contribution in [3.05, 3.63) is 120 Å². The number of ether oxygens (including phenoxy) is 2. The second kappa shape index (κ2) is 17.1. The lowest BCUT2D eigenvalue weighted by Crippen LogP contribution is -2.40. The number of nitrogens with one attached hydrogen (secondary N) is 1. The van der Waals surface area contributed by atoms with Crippen LogP contribution in [0.2, 0.25) is 0 Å². The minimum Gasteiger partial charge on any atom is -0.480 e. The summed E-state index contributed by atoms with van der Waals surface area (Å²) in [5, 5.41) is 15.1. The SMILES string of the molecule is C=C/C(=C\CCC)NC(=O)c1cc(N(CC)C(=C)C(O)(c2ccc(OC(F)F)cc2)c2ccccc2F)c(C)nc1OC.CC. The van der Waals surface area contributed by atoms with E-state index in [0.717, 1.165) is 12.8 Å². The molecule has 0 saturated heterocycles. The Hall–Kier alpha value is -4.57. The number of hydrogen-bond donors (Lipinski definition) is 2. The first-order valence-electron chi connectivity index (χ1n) is 14.7. The summed E-state index contributed by atoms with van der Waals surface area (Å²) in [7, 11) is 1.40. The standard InChI is InChI=1S/C33H36F3N3O4.C2H6/c1-7-10-13-24(8-2)38-30(40)26-20-29(21(4)37-31(26)42-6)39(9-3)22(5)33(41,27-14-11-12-15-28(27)34)23-16-18-25(19-17-23)43-32(35)36;1-2/h8,11-20,32,41H,2,5,7,9-10H2,1,3-4,6H3,(H,38,40);1-2H3/b24-13+;. The summed E-state index contributed by atoms with van der Waals surface area (Å²) in [4.78, 5) is 19.5. The van der Waals surface area contributed by atoms with Crippen molar-refractivity contribution in [3.63, 3.8) is 0 Å². The Morgan fingerprint density at radius 3 is 2.33 bits per heavy atom. The average molecular weight is 626 g/mol. The number of unbranched alkanes of at least 4 members (excludes halogenated alkanes) is 1. The van der Waals surface area contributed by atoms with E-state index in [9.17, 15) is 18.7 Å². The maximum absolute atomic E-state index is 15.3. The van der Waals surface area contributed by atoms with Gasteiger partial charge in [-0.1, -0.05) is 76.8 Å². The van der Waals surface area contributed by atoms with Crippen LogP contribution in [0.5, 0.6) is 11.6 Å². The van der Waals surface area contributed by atoms with E-state index >= 15 is 4.39 Å². The number of likely N-dealkylation sites (N-methyl/N-ethyl adjacent to an activating group) is 1. The Labute approximate surface area is 263 Å². The maximum atomic E-state index is 15.3. The third-order valence-electron chi connectivity index (χ3n) is 6.83. The molecule has 1 aromatic heterocycles. The van der Waals surface area contributed by atoms with Gasteiger partial charge in [-0.25, -0.2) is 9.37 Å². The van der Waals surface area contributed by atoms with Gasteiger partial charge in [0.2, 0.25) is 5.88 Å². The molecular weight excluding hydrogens is 583 g/mol. The van der Waals surface area contributed by atoms with Gasteiger partial charge in [0, 0.05) is 17.8 Å². The fraction of sp³-hybridized carbons (Fsp3) is 0.314. The number of hydrogen-bond acceptors (Lipinski definition) is 6. The Morgan fingerprint density at radius 1 is 1.16 bits per heavy atom. The second-order valence-corrected chi connectivity index (χ2v) is 9.54. The highest BCUT2D eigenvalue weighted by molar-refractivity contribution is 5.98. The highest BCUT2D eigenvalue weighted by Gasteiger charge is 2.40. The predicted octanol–water partition coefficient (Wildman–Crippen LogP) is 8.04. The number of benzene rings is 2. The normalized spacial score (nSPS) is 12.4. The molecule has 10 heteroatoms. The average Bonchev–Trinajstić information content (AvgIpc) is 3.04. The smallest absolute Gasteiger partial charge is 0.387 e. The van der Waals surface area contributed by atoms with Gasteiger partial charge in [-0.15, -0.1) is 0 Å². The fourth-order valence-electron chi connectivity index (χ4n) is 4.66. The molecule has 0 fully saturated rings.